The number of carbonyl (C=O) groups excluding carboxylic acids is 1. The van der Waals surface area contributed by atoms with Crippen molar-refractivity contribution in [3.05, 3.63) is 64.2 Å². The highest BCUT2D eigenvalue weighted by molar-refractivity contribution is 5.99. The normalized spacial score (nSPS) is 11.8. The quantitative estimate of drug-likeness (QED) is 0.436. The topological polar surface area (TPSA) is 78.7 Å². The molecular weight excluding hydrogens is 324 g/mol. The summed E-state index contributed by atoms with van der Waals surface area (Å²) in [6.07, 6.45) is -0.993. The number of nitro groups is 1. The molecular formula is C16H13F2NO5. The number of ether oxygens (including phenoxy) is 2. The second-order valence-corrected chi connectivity index (χ2v) is 4.75. The van der Waals surface area contributed by atoms with Crippen LogP contribution in [0, 0.1) is 10.1 Å². The van der Waals surface area contributed by atoms with Crippen molar-refractivity contribution in [1.29, 1.82) is 0 Å². The number of rotatable bonds is 7. The predicted molar refractivity (Wildman–Crippen MR) is 80.6 cm³/mol. The summed E-state index contributed by atoms with van der Waals surface area (Å²) >= 11 is 0. The molecule has 0 bridgehead atoms. The van der Waals surface area contributed by atoms with E-state index in [1.165, 1.54) is 49.4 Å². The van der Waals surface area contributed by atoms with Crippen molar-refractivity contribution in [3.8, 4) is 11.5 Å². The molecule has 2 rings (SSSR count). The fourth-order valence-electron chi connectivity index (χ4n) is 1.99. The average Bonchev–Trinajstić information content (AvgIpc) is 2.54. The van der Waals surface area contributed by atoms with Crippen LogP contribution in [-0.4, -0.2) is 23.4 Å². The van der Waals surface area contributed by atoms with Crippen LogP contribution >= 0.6 is 0 Å². The van der Waals surface area contributed by atoms with Gasteiger partial charge in [0.25, 0.3) is 0 Å². The summed E-state index contributed by atoms with van der Waals surface area (Å²) in [6.45, 7) is -1.50. The monoisotopic (exact) mass is 337 g/mol. The number of benzene rings is 2. The molecule has 0 saturated heterocycles. The van der Waals surface area contributed by atoms with Crippen molar-refractivity contribution in [3.63, 3.8) is 0 Å². The highest BCUT2D eigenvalue weighted by Crippen LogP contribution is 2.27. The van der Waals surface area contributed by atoms with Gasteiger partial charge in [-0.2, -0.15) is 8.78 Å². The van der Waals surface area contributed by atoms with Gasteiger partial charge in [-0.3, -0.25) is 14.9 Å². The lowest BCUT2D eigenvalue weighted by Gasteiger charge is -2.14. The van der Waals surface area contributed by atoms with E-state index in [0.29, 0.717) is 0 Å². The molecule has 8 heteroatoms. The van der Waals surface area contributed by atoms with Gasteiger partial charge in [0.05, 0.1) is 4.92 Å². The Morgan fingerprint density at radius 3 is 2.29 bits per heavy atom. The summed E-state index contributed by atoms with van der Waals surface area (Å²) in [4.78, 5) is 22.6. The number of hydrogen-bond acceptors (Lipinski definition) is 5. The molecule has 0 aromatic heterocycles. The first kappa shape index (κ1) is 17.3. The third-order valence-corrected chi connectivity index (χ3v) is 3.10. The second kappa shape index (κ2) is 7.49. The summed E-state index contributed by atoms with van der Waals surface area (Å²) in [5.74, 6) is -0.549. The Hall–Kier alpha value is -3.03. The van der Waals surface area contributed by atoms with Gasteiger partial charge >= 0.3 is 12.3 Å². The molecule has 24 heavy (non-hydrogen) atoms. The van der Waals surface area contributed by atoms with Crippen LogP contribution in [-0.2, 0) is 0 Å². The number of carbonyl (C=O) groups is 1. The predicted octanol–water partition coefficient (Wildman–Crippen LogP) is 3.85. The zero-order valence-corrected chi connectivity index (χ0v) is 12.5. The molecule has 126 valence electrons. The molecule has 2 aromatic rings. The van der Waals surface area contributed by atoms with Crippen molar-refractivity contribution in [2.75, 3.05) is 0 Å². The lowest BCUT2D eigenvalue weighted by Crippen LogP contribution is -2.24. The number of alkyl halides is 2. The van der Waals surface area contributed by atoms with Gasteiger partial charge in [-0.1, -0.05) is 12.1 Å². The first-order chi connectivity index (χ1) is 11.4. The first-order valence-electron chi connectivity index (χ1n) is 6.87. The third kappa shape index (κ3) is 4.25. The Labute approximate surface area is 135 Å². The van der Waals surface area contributed by atoms with Crippen LogP contribution in [0.1, 0.15) is 17.3 Å². The van der Waals surface area contributed by atoms with Crippen molar-refractivity contribution in [2.45, 2.75) is 19.6 Å². The number of Topliss-reactive ketones (excluding diaryl/α,β-unsaturated/α-hetero) is 1. The molecule has 0 radical (unpaired) electrons. The molecule has 0 N–H and O–H groups in total. The van der Waals surface area contributed by atoms with E-state index in [2.05, 4.69) is 4.74 Å². The molecule has 1 atom stereocenters. The van der Waals surface area contributed by atoms with Gasteiger partial charge in [-0.25, -0.2) is 0 Å². The van der Waals surface area contributed by atoms with Gasteiger partial charge in [0.15, 0.2) is 11.9 Å². The lowest BCUT2D eigenvalue weighted by molar-refractivity contribution is -0.386. The SMILES string of the molecule is C[C@@H](Oc1ccccc1[N+](=O)[O-])C(=O)c1ccc(OC(F)F)cc1. The number of para-hydroxylation sites is 2. The number of ketones is 1. The van der Waals surface area contributed by atoms with Gasteiger partial charge in [-0.15, -0.1) is 0 Å². The number of nitrogens with zero attached hydrogens (tertiary/aromatic N) is 1. The molecule has 0 saturated carbocycles. The van der Waals surface area contributed by atoms with E-state index < -0.39 is 23.4 Å². The average molecular weight is 337 g/mol. The van der Waals surface area contributed by atoms with Gasteiger partial charge in [0.2, 0.25) is 5.78 Å². The lowest BCUT2D eigenvalue weighted by atomic mass is 10.1. The Balaban J connectivity index is 2.11. The highest BCUT2D eigenvalue weighted by Gasteiger charge is 2.21. The van der Waals surface area contributed by atoms with Crippen LogP contribution in [0.15, 0.2) is 48.5 Å². The van der Waals surface area contributed by atoms with E-state index in [1.54, 1.807) is 6.07 Å². The fourth-order valence-corrected chi connectivity index (χ4v) is 1.99. The molecule has 0 amide bonds. The Kier molecular flexibility index (Phi) is 5.41. The molecule has 0 unspecified atom stereocenters. The van der Waals surface area contributed by atoms with E-state index in [1.807, 2.05) is 0 Å². The number of nitro benzene ring substituents is 1. The van der Waals surface area contributed by atoms with Gasteiger partial charge in [0, 0.05) is 11.6 Å². The van der Waals surface area contributed by atoms with Crippen LogP contribution in [0.4, 0.5) is 14.5 Å². The van der Waals surface area contributed by atoms with Crippen molar-refractivity contribution in [1.82, 2.24) is 0 Å². The van der Waals surface area contributed by atoms with Crippen molar-refractivity contribution < 1.29 is 28.0 Å². The highest BCUT2D eigenvalue weighted by atomic mass is 19.3. The largest absolute Gasteiger partial charge is 0.475 e. The van der Waals surface area contributed by atoms with Crippen LogP contribution in [0.25, 0.3) is 0 Å². The standard InChI is InChI=1S/C16H13F2NO5/c1-10(23-14-5-3-2-4-13(14)19(21)22)15(20)11-6-8-12(9-7-11)24-16(17)18/h2-10,16H,1H3/t10-/m1/s1. The fraction of sp³-hybridized carbons (Fsp3) is 0.188. The van der Waals surface area contributed by atoms with Crippen LogP contribution in [0.2, 0.25) is 0 Å². The van der Waals surface area contributed by atoms with Gasteiger partial charge in [0.1, 0.15) is 5.75 Å². The number of hydrogen-bond donors (Lipinski definition) is 0. The molecule has 2 aromatic carbocycles. The Bertz CT molecular complexity index is 734. The van der Waals surface area contributed by atoms with E-state index in [-0.39, 0.29) is 22.7 Å². The summed E-state index contributed by atoms with van der Waals surface area (Å²) < 4.78 is 33.7. The maximum Gasteiger partial charge on any atom is 0.387 e. The van der Waals surface area contributed by atoms with E-state index in [0.717, 1.165) is 0 Å². The molecule has 0 spiro atoms. The van der Waals surface area contributed by atoms with Crippen LogP contribution in [0.5, 0.6) is 11.5 Å². The zero-order chi connectivity index (χ0) is 17.7. The van der Waals surface area contributed by atoms with Crippen molar-refractivity contribution in [2.24, 2.45) is 0 Å². The van der Waals surface area contributed by atoms with E-state index in [4.69, 9.17) is 4.74 Å². The minimum Gasteiger partial charge on any atom is -0.475 e. The first-order valence-corrected chi connectivity index (χ1v) is 6.87. The van der Waals surface area contributed by atoms with Gasteiger partial charge < -0.3 is 9.47 Å². The molecule has 0 aliphatic rings. The summed E-state index contributed by atoms with van der Waals surface area (Å²) in [5.41, 5.74) is -0.0412. The third-order valence-electron chi connectivity index (χ3n) is 3.10. The maximum atomic E-state index is 12.3. The minimum atomic E-state index is -2.95. The molecule has 0 heterocycles. The molecule has 0 aliphatic carbocycles. The van der Waals surface area contributed by atoms with E-state index >= 15 is 0 Å². The smallest absolute Gasteiger partial charge is 0.387 e. The van der Waals surface area contributed by atoms with Crippen molar-refractivity contribution >= 4 is 11.5 Å². The minimum absolute atomic E-state index is 0.0268. The Morgan fingerprint density at radius 1 is 1.08 bits per heavy atom. The summed E-state index contributed by atoms with van der Waals surface area (Å²) in [6, 6.07) is 10.8. The summed E-state index contributed by atoms with van der Waals surface area (Å²) in [5, 5.41) is 10.9. The Morgan fingerprint density at radius 2 is 1.71 bits per heavy atom. The van der Waals surface area contributed by atoms with Crippen LogP contribution in [0.3, 0.4) is 0 Å². The molecule has 0 aliphatic heterocycles. The second-order valence-electron chi connectivity index (χ2n) is 4.75. The van der Waals surface area contributed by atoms with Gasteiger partial charge in [-0.05, 0) is 37.3 Å². The summed E-state index contributed by atoms with van der Waals surface area (Å²) in [7, 11) is 0. The maximum absolute atomic E-state index is 12.3. The van der Waals surface area contributed by atoms with E-state index in [9.17, 15) is 23.7 Å². The molecule has 6 nitrogen and oxygen atoms in total. The molecule has 0 fully saturated rings. The van der Waals surface area contributed by atoms with Crippen LogP contribution < -0.4 is 9.47 Å². The number of halogens is 2. The zero-order valence-electron chi connectivity index (χ0n) is 12.5.